The molecule has 3 rings (SSSR count). The molecule has 0 aliphatic rings. The number of imidazole rings is 1. The van der Waals surface area contributed by atoms with E-state index < -0.39 is 23.3 Å². The van der Waals surface area contributed by atoms with Crippen molar-refractivity contribution < 1.29 is 17.6 Å². The fraction of sp³-hybridized carbons (Fsp3) is 0. The van der Waals surface area contributed by atoms with Gasteiger partial charge in [-0.25, -0.2) is 22.5 Å². The molecule has 0 radical (unpaired) electrons. The van der Waals surface area contributed by atoms with E-state index in [4.69, 9.17) is 5.73 Å². The molecule has 0 bridgehead atoms. The van der Waals surface area contributed by atoms with Gasteiger partial charge < -0.3 is 5.73 Å². The predicted octanol–water partition coefficient (Wildman–Crippen LogP) is 3.77. The highest BCUT2D eigenvalue weighted by molar-refractivity contribution is 14.1. The van der Waals surface area contributed by atoms with Crippen LogP contribution in [0.3, 0.4) is 0 Å². The third-order valence-electron chi connectivity index (χ3n) is 2.98. The van der Waals surface area contributed by atoms with Crippen LogP contribution in [0.1, 0.15) is 0 Å². The van der Waals surface area contributed by atoms with Crippen LogP contribution in [0.5, 0.6) is 0 Å². The Hall–Kier alpha value is -1.84. The Labute approximate surface area is 129 Å². The first-order chi connectivity index (χ1) is 9.90. The van der Waals surface area contributed by atoms with E-state index in [1.54, 1.807) is 22.6 Å². The molecule has 1 aromatic heterocycles. The van der Waals surface area contributed by atoms with E-state index in [1.807, 2.05) is 0 Å². The van der Waals surface area contributed by atoms with Gasteiger partial charge in [0, 0.05) is 6.07 Å². The van der Waals surface area contributed by atoms with Gasteiger partial charge in [0.1, 0.15) is 5.82 Å². The largest absolute Gasteiger partial charge is 0.369 e. The number of aromatic nitrogens is 2. The molecule has 0 saturated heterocycles. The van der Waals surface area contributed by atoms with Crippen LogP contribution in [0, 0.1) is 26.8 Å². The topological polar surface area (TPSA) is 43.8 Å². The Morgan fingerprint density at radius 3 is 2.43 bits per heavy atom. The molecular formula is C13H6F4IN3. The summed E-state index contributed by atoms with van der Waals surface area (Å²) in [6, 6.07) is 4.32. The summed E-state index contributed by atoms with van der Waals surface area (Å²) in [5, 5.41) is 0. The highest BCUT2D eigenvalue weighted by atomic mass is 127. The van der Waals surface area contributed by atoms with Crippen molar-refractivity contribution in [1.29, 1.82) is 0 Å². The van der Waals surface area contributed by atoms with Crippen molar-refractivity contribution in [3.8, 4) is 5.69 Å². The second kappa shape index (κ2) is 4.86. The molecule has 3 aromatic rings. The van der Waals surface area contributed by atoms with Crippen LogP contribution in [0.15, 0.2) is 24.3 Å². The molecular weight excluding hydrogens is 401 g/mol. The molecule has 1 heterocycles. The number of hydrogen-bond donors (Lipinski definition) is 1. The van der Waals surface area contributed by atoms with Gasteiger partial charge in [-0.1, -0.05) is 0 Å². The van der Waals surface area contributed by atoms with E-state index in [0.29, 0.717) is 9.09 Å². The third-order valence-corrected chi connectivity index (χ3v) is 3.80. The van der Waals surface area contributed by atoms with Crippen molar-refractivity contribution in [1.82, 2.24) is 9.55 Å². The van der Waals surface area contributed by atoms with E-state index in [1.165, 1.54) is 6.07 Å². The first-order valence-electron chi connectivity index (χ1n) is 5.67. The number of halogens is 5. The lowest BCUT2D eigenvalue weighted by Gasteiger charge is -2.09. The molecule has 0 aliphatic carbocycles. The molecule has 0 spiro atoms. The van der Waals surface area contributed by atoms with Crippen molar-refractivity contribution in [2.45, 2.75) is 0 Å². The summed E-state index contributed by atoms with van der Waals surface area (Å²) in [5.74, 6) is -5.07. The highest BCUT2D eigenvalue weighted by Gasteiger charge is 2.19. The molecule has 21 heavy (non-hydrogen) atoms. The minimum absolute atomic E-state index is 0.156. The van der Waals surface area contributed by atoms with Crippen LogP contribution in [0.2, 0.25) is 0 Å². The molecule has 0 aliphatic heterocycles. The predicted molar refractivity (Wildman–Crippen MR) is 78.0 cm³/mol. The van der Waals surface area contributed by atoms with Gasteiger partial charge in [0.05, 0.1) is 20.3 Å². The highest BCUT2D eigenvalue weighted by Crippen LogP contribution is 2.28. The summed E-state index contributed by atoms with van der Waals surface area (Å²) in [6.07, 6.45) is 0. The van der Waals surface area contributed by atoms with Crippen LogP contribution in [-0.4, -0.2) is 9.55 Å². The molecule has 108 valence electrons. The van der Waals surface area contributed by atoms with Gasteiger partial charge in [-0.15, -0.1) is 0 Å². The third kappa shape index (κ3) is 2.13. The first kappa shape index (κ1) is 14.1. The number of nitrogens with zero attached hydrogens (tertiary/aromatic N) is 2. The molecule has 3 nitrogen and oxygen atoms in total. The molecule has 0 atom stereocenters. The van der Waals surface area contributed by atoms with Gasteiger partial charge in [-0.2, -0.15) is 0 Å². The monoisotopic (exact) mass is 407 g/mol. The maximum absolute atomic E-state index is 13.9. The molecule has 0 amide bonds. The molecule has 2 N–H and O–H groups in total. The van der Waals surface area contributed by atoms with Crippen LogP contribution < -0.4 is 5.73 Å². The summed E-state index contributed by atoms with van der Waals surface area (Å²) in [6.45, 7) is 0. The Kier molecular flexibility index (Phi) is 3.27. The van der Waals surface area contributed by atoms with Crippen LogP contribution in [-0.2, 0) is 0 Å². The zero-order chi connectivity index (χ0) is 15.3. The summed E-state index contributed by atoms with van der Waals surface area (Å²) in [4.78, 5) is 3.97. The second-order valence-electron chi connectivity index (χ2n) is 4.25. The fourth-order valence-corrected chi connectivity index (χ4v) is 2.48. The molecule has 0 fully saturated rings. The van der Waals surface area contributed by atoms with E-state index in [9.17, 15) is 17.6 Å². The number of fused-ring (bicyclic) bond motifs is 1. The van der Waals surface area contributed by atoms with Crippen LogP contribution in [0.4, 0.5) is 23.5 Å². The number of benzene rings is 2. The standard InChI is InChI=1S/C13H6F4IN3/c14-5-1-2-9(12(17)11(5)16)21-10-3-6(15)7(18)4-8(10)20-13(21)19/h1-4H,(H2,19,20). The SMILES string of the molecule is Nc1nc2cc(I)c(F)cc2n1-c1ccc(F)c(F)c1F. The van der Waals surface area contributed by atoms with Gasteiger partial charge in [-0.05, 0) is 40.8 Å². The van der Waals surface area contributed by atoms with Crippen molar-refractivity contribution in [2.75, 3.05) is 5.73 Å². The molecule has 0 saturated carbocycles. The fourth-order valence-electron chi connectivity index (χ4n) is 2.03. The van der Waals surface area contributed by atoms with Gasteiger partial charge in [-0.3, -0.25) is 4.57 Å². The quantitative estimate of drug-likeness (QED) is 0.379. The van der Waals surface area contributed by atoms with E-state index in [0.717, 1.165) is 22.8 Å². The van der Waals surface area contributed by atoms with Crippen molar-refractivity contribution in [2.24, 2.45) is 0 Å². The summed E-state index contributed by atoms with van der Waals surface area (Å²) in [5.41, 5.74) is 5.83. The van der Waals surface area contributed by atoms with E-state index >= 15 is 0 Å². The zero-order valence-electron chi connectivity index (χ0n) is 10.2. The first-order valence-corrected chi connectivity index (χ1v) is 6.75. The van der Waals surface area contributed by atoms with Gasteiger partial charge >= 0.3 is 0 Å². The minimum atomic E-state index is -1.63. The van der Waals surface area contributed by atoms with Crippen LogP contribution >= 0.6 is 22.6 Å². The summed E-state index contributed by atoms with van der Waals surface area (Å²) >= 11 is 1.78. The number of nitrogen functional groups attached to an aromatic ring is 1. The number of nitrogens with two attached hydrogens (primary N) is 1. The number of hydrogen-bond acceptors (Lipinski definition) is 2. The lowest BCUT2D eigenvalue weighted by molar-refractivity contribution is 0.445. The summed E-state index contributed by atoms with van der Waals surface area (Å²) < 4.78 is 55.3. The molecule has 8 heteroatoms. The summed E-state index contributed by atoms with van der Waals surface area (Å²) in [7, 11) is 0. The Morgan fingerprint density at radius 1 is 1.00 bits per heavy atom. The minimum Gasteiger partial charge on any atom is -0.369 e. The average Bonchev–Trinajstić information content (AvgIpc) is 2.73. The Bertz CT molecular complexity index is 876. The molecule has 2 aromatic carbocycles. The van der Waals surface area contributed by atoms with Gasteiger partial charge in [0.2, 0.25) is 5.95 Å². The second-order valence-corrected chi connectivity index (χ2v) is 5.42. The molecule has 0 unspecified atom stereocenters. The van der Waals surface area contributed by atoms with Crippen molar-refractivity contribution in [3.63, 3.8) is 0 Å². The van der Waals surface area contributed by atoms with Crippen LogP contribution in [0.25, 0.3) is 16.7 Å². The van der Waals surface area contributed by atoms with Crippen molar-refractivity contribution in [3.05, 3.63) is 51.1 Å². The lowest BCUT2D eigenvalue weighted by atomic mass is 10.2. The van der Waals surface area contributed by atoms with E-state index in [2.05, 4.69) is 4.98 Å². The maximum atomic E-state index is 13.9. The lowest BCUT2D eigenvalue weighted by Crippen LogP contribution is -2.05. The number of anilines is 1. The average molecular weight is 407 g/mol. The normalized spacial score (nSPS) is 11.3. The smallest absolute Gasteiger partial charge is 0.206 e. The van der Waals surface area contributed by atoms with Crippen molar-refractivity contribution >= 4 is 39.6 Å². The number of rotatable bonds is 1. The maximum Gasteiger partial charge on any atom is 0.206 e. The van der Waals surface area contributed by atoms with Gasteiger partial charge in [0.25, 0.3) is 0 Å². The Balaban J connectivity index is 2.38. The zero-order valence-corrected chi connectivity index (χ0v) is 12.3. The van der Waals surface area contributed by atoms with Gasteiger partial charge in [0.15, 0.2) is 17.5 Å². The van der Waals surface area contributed by atoms with E-state index in [-0.39, 0.29) is 17.2 Å². The Morgan fingerprint density at radius 2 is 1.71 bits per heavy atom.